The van der Waals surface area contributed by atoms with E-state index in [1.807, 2.05) is 6.20 Å². The quantitative estimate of drug-likeness (QED) is 0.887. The van der Waals surface area contributed by atoms with Gasteiger partial charge < -0.3 is 9.88 Å². The van der Waals surface area contributed by atoms with Gasteiger partial charge in [-0.25, -0.2) is 4.98 Å². The summed E-state index contributed by atoms with van der Waals surface area (Å²) in [6, 6.07) is 1.11. The summed E-state index contributed by atoms with van der Waals surface area (Å²) < 4.78 is 2.37. The third kappa shape index (κ3) is 2.61. The van der Waals surface area contributed by atoms with Crippen LogP contribution in [0.3, 0.4) is 0 Å². The van der Waals surface area contributed by atoms with Gasteiger partial charge >= 0.3 is 0 Å². The SMILES string of the molecule is CCCNC1C(n2ccnc2C)CCCC1(C)C. The van der Waals surface area contributed by atoms with E-state index in [0.29, 0.717) is 17.5 Å². The van der Waals surface area contributed by atoms with Gasteiger partial charge in [0.2, 0.25) is 0 Å². The molecule has 1 fully saturated rings. The molecule has 1 aromatic heterocycles. The monoisotopic (exact) mass is 249 g/mol. The Morgan fingerprint density at radius 2 is 2.28 bits per heavy atom. The van der Waals surface area contributed by atoms with Gasteiger partial charge in [-0.15, -0.1) is 0 Å². The fourth-order valence-electron chi connectivity index (χ4n) is 3.36. The fourth-order valence-corrected chi connectivity index (χ4v) is 3.36. The molecule has 0 aromatic carbocycles. The Balaban J connectivity index is 2.23. The minimum absolute atomic E-state index is 0.370. The second-order valence-electron chi connectivity index (χ2n) is 6.26. The van der Waals surface area contributed by atoms with Gasteiger partial charge in [-0.1, -0.05) is 27.2 Å². The molecule has 1 heterocycles. The number of nitrogens with one attached hydrogen (secondary N) is 1. The predicted molar refractivity (Wildman–Crippen MR) is 75.7 cm³/mol. The van der Waals surface area contributed by atoms with Crippen LogP contribution in [-0.2, 0) is 0 Å². The van der Waals surface area contributed by atoms with E-state index in [4.69, 9.17) is 0 Å². The molecule has 3 nitrogen and oxygen atoms in total. The molecule has 1 aliphatic carbocycles. The maximum atomic E-state index is 4.39. The molecule has 1 N–H and O–H groups in total. The largest absolute Gasteiger partial charge is 0.331 e. The van der Waals surface area contributed by atoms with Gasteiger partial charge in [0.15, 0.2) is 0 Å². The third-order valence-electron chi connectivity index (χ3n) is 4.38. The van der Waals surface area contributed by atoms with Crippen LogP contribution in [0.4, 0.5) is 0 Å². The van der Waals surface area contributed by atoms with Crippen molar-refractivity contribution in [1.29, 1.82) is 0 Å². The van der Waals surface area contributed by atoms with Crippen LogP contribution in [0.2, 0.25) is 0 Å². The zero-order valence-corrected chi connectivity index (χ0v) is 12.2. The van der Waals surface area contributed by atoms with Crippen LogP contribution >= 0.6 is 0 Å². The highest BCUT2D eigenvalue weighted by atomic mass is 15.1. The smallest absolute Gasteiger partial charge is 0.105 e. The molecule has 1 aromatic rings. The molecule has 0 aliphatic heterocycles. The molecule has 102 valence electrons. The van der Waals surface area contributed by atoms with Crippen molar-refractivity contribution in [2.75, 3.05) is 6.54 Å². The lowest BCUT2D eigenvalue weighted by Gasteiger charge is -2.45. The number of aromatic nitrogens is 2. The number of hydrogen-bond donors (Lipinski definition) is 1. The van der Waals surface area contributed by atoms with Crippen LogP contribution in [0.25, 0.3) is 0 Å². The van der Waals surface area contributed by atoms with Gasteiger partial charge in [-0.3, -0.25) is 0 Å². The first-order chi connectivity index (χ1) is 8.56. The predicted octanol–water partition coefficient (Wildman–Crippen LogP) is 3.31. The van der Waals surface area contributed by atoms with Gasteiger partial charge in [-0.2, -0.15) is 0 Å². The number of imidazole rings is 1. The van der Waals surface area contributed by atoms with Gasteiger partial charge in [0.25, 0.3) is 0 Å². The lowest BCUT2D eigenvalue weighted by atomic mass is 9.70. The van der Waals surface area contributed by atoms with Crippen LogP contribution in [0.5, 0.6) is 0 Å². The topological polar surface area (TPSA) is 29.9 Å². The van der Waals surface area contributed by atoms with E-state index >= 15 is 0 Å². The summed E-state index contributed by atoms with van der Waals surface area (Å²) in [5, 5.41) is 3.78. The highest BCUT2D eigenvalue weighted by Gasteiger charge is 2.39. The molecule has 1 aliphatic rings. The summed E-state index contributed by atoms with van der Waals surface area (Å²) >= 11 is 0. The first kappa shape index (κ1) is 13.6. The van der Waals surface area contributed by atoms with Gasteiger partial charge in [0.1, 0.15) is 5.82 Å². The Hall–Kier alpha value is -0.830. The zero-order chi connectivity index (χ0) is 13.2. The number of aryl methyl sites for hydroxylation is 1. The normalized spacial score (nSPS) is 27.3. The lowest BCUT2D eigenvalue weighted by Crippen LogP contribution is -2.50. The molecule has 2 unspecified atom stereocenters. The Bertz CT molecular complexity index is 381. The van der Waals surface area contributed by atoms with E-state index in [2.05, 4.69) is 48.8 Å². The molecule has 1 saturated carbocycles. The van der Waals surface area contributed by atoms with E-state index in [9.17, 15) is 0 Å². The van der Waals surface area contributed by atoms with Crippen molar-refractivity contribution in [1.82, 2.24) is 14.9 Å². The second-order valence-corrected chi connectivity index (χ2v) is 6.26. The molecule has 2 atom stereocenters. The van der Waals surface area contributed by atoms with Crippen molar-refractivity contribution in [2.45, 2.75) is 65.5 Å². The molecular formula is C15H27N3. The second kappa shape index (κ2) is 5.43. The van der Waals surface area contributed by atoms with E-state index in [1.54, 1.807) is 0 Å². The minimum atomic E-state index is 0.370. The van der Waals surface area contributed by atoms with Gasteiger partial charge in [0, 0.05) is 18.4 Å². The van der Waals surface area contributed by atoms with E-state index in [0.717, 1.165) is 12.4 Å². The Kier molecular flexibility index (Phi) is 4.10. The molecule has 0 bridgehead atoms. The zero-order valence-electron chi connectivity index (χ0n) is 12.2. The molecule has 3 heteroatoms. The van der Waals surface area contributed by atoms with Crippen LogP contribution in [0.15, 0.2) is 12.4 Å². The number of nitrogens with zero attached hydrogens (tertiary/aromatic N) is 2. The minimum Gasteiger partial charge on any atom is -0.331 e. The van der Waals surface area contributed by atoms with Crippen LogP contribution < -0.4 is 5.32 Å². The van der Waals surface area contributed by atoms with Crippen LogP contribution in [0, 0.1) is 12.3 Å². The Labute approximate surface area is 111 Å². The molecule has 0 radical (unpaired) electrons. The van der Waals surface area contributed by atoms with E-state index < -0.39 is 0 Å². The standard InChI is InChI=1S/C15H27N3/c1-5-9-17-14-13(7-6-8-15(14,3)4)18-11-10-16-12(18)2/h10-11,13-14,17H,5-9H2,1-4H3. The summed E-state index contributed by atoms with van der Waals surface area (Å²) in [6.07, 6.45) is 9.16. The molecule has 18 heavy (non-hydrogen) atoms. The molecule has 2 rings (SSSR count). The fraction of sp³-hybridized carbons (Fsp3) is 0.800. The number of rotatable bonds is 4. The summed E-state index contributed by atoms with van der Waals surface area (Å²) in [4.78, 5) is 4.39. The van der Waals surface area contributed by atoms with Crippen molar-refractivity contribution in [3.05, 3.63) is 18.2 Å². The van der Waals surface area contributed by atoms with Crippen molar-refractivity contribution >= 4 is 0 Å². The average Bonchev–Trinajstić information content (AvgIpc) is 2.73. The van der Waals surface area contributed by atoms with Crippen LogP contribution in [-0.4, -0.2) is 22.1 Å². The maximum absolute atomic E-state index is 4.39. The molecule has 0 saturated heterocycles. The summed E-state index contributed by atoms with van der Waals surface area (Å²) in [7, 11) is 0. The third-order valence-corrected chi connectivity index (χ3v) is 4.38. The van der Waals surface area contributed by atoms with Crippen molar-refractivity contribution in [2.24, 2.45) is 5.41 Å². The van der Waals surface area contributed by atoms with Gasteiger partial charge in [-0.05, 0) is 38.1 Å². The maximum Gasteiger partial charge on any atom is 0.105 e. The van der Waals surface area contributed by atoms with E-state index in [-0.39, 0.29) is 0 Å². The van der Waals surface area contributed by atoms with Gasteiger partial charge in [0.05, 0.1) is 6.04 Å². The molecule has 0 amide bonds. The van der Waals surface area contributed by atoms with E-state index in [1.165, 1.54) is 25.7 Å². The Morgan fingerprint density at radius 1 is 1.50 bits per heavy atom. The first-order valence-electron chi connectivity index (χ1n) is 7.29. The number of hydrogen-bond acceptors (Lipinski definition) is 2. The summed E-state index contributed by atoms with van der Waals surface area (Å²) in [6.45, 7) is 10.3. The van der Waals surface area contributed by atoms with Crippen molar-refractivity contribution < 1.29 is 0 Å². The van der Waals surface area contributed by atoms with Crippen molar-refractivity contribution in [3.8, 4) is 0 Å². The molecule has 0 spiro atoms. The summed E-state index contributed by atoms with van der Waals surface area (Å²) in [5.74, 6) is 1.14. The lowest BCUT2D eigenvalue weighted by molar-refractivity contribution is 0.112. The summed E-state index contributed by atoms with van der Waals surface area (Å²) in [5.41, 5.74) is 0.370. The van der Waals surface area contributed by atoms with Crippen LogP contribution in [0.1, 0.15) is 58.3 Å². The molecular weight excluding hydrogens is 222 g/mol. The Morgan fingerprint density at radius 3 is 2.89 bits per heavy atom. The highest BCUT2D eigenvalue weighted by Crippen LogP contribution is 2.41. The van der Waals surface area contributed by atoms with Crippen molar-refractivity contribution in [3.63, 3.8) is 0 Å². The first-order valence-corrected chi connectivity index (χ1v) is 7.29. The highest BCUT2D eigenvalue weighted by molar-refractivity contribution is 5.02. The average molecular weight is 249 g/mol.